The second-order valence-electron chi connectivity index (χ2n) is 5.91. The summed E-state index contributed by atoms with van der Waals surface area (Å²) in [5, 5.41) is 0. The Balaban J connectivity index is 1.73. The van der Waals surface area contributed by atoms with Gasteiger partial charge in [-0.2, -0.15) is 0 Å². The highest BCUT2D eigenvalue weighted by Gasteiger charge is 2.23. The lowest BCUT2D eigenvalue weighted by molar-refractivity contribution is 0.171. The first-order chi connectivity index (χ1) is 9.84. The van der Waals surface area contributed by atoms with Crippen LogP contribution in [0.1, 0.15) is 55.3 Å². The molecule has 1 aromatic carbocycles. The van der Waals surface area contributed by atoms with Crippen molar-refractivity contribution >= 4 is 15.9 Å². The van der Waals surface area contributed by atoms with Gasteiger partial charge in [0.25, 0.3) is 0 Å². The highest BCUT2D eigenvalue weighted by atomic mass is 79.9. The van der Waals surface area contributed by atoms with Gasteiger partial charge in [0.15, 0.2) is 11.5 Å². The normalized spacial score (nSPS) is 21.9. The molecule has 1 aliphatic carbocycles. The lowest BCUT2D eigenvalue weighted by Crippen LogP contribution is -2.16. The van der Waals surface area contributed by atoms with E-state index in [2.05, 4.69) is 34.1 Å². The number of alkyl halides is 1. The van der Waals surface area contributed by atoms with E-state index in [4.69, 9.17) is 9.47 Å². The van der Waals surface area contributed by atoms with Crippen molar-refractivity contribution in [2.24, 2.45) is 5.92 Å². The average Bonchev–Trinajstić information content (AvgIpc) is 2.46. The maximum absolute atomic E-state index is 5.70. The highest BCUT2D eigenvalue weighted by molar-refractivity contribution is 9.09. The molecule has 1 fully saturated rings. The first-order valence-electron chi connectivity index (χ1n) is 7.88. The van der Waals surface area contributed by atoms with E-state index >= 15 is 0 Å². The zero-order valence-electron chi connectivity index (χ0n) is 11.9. The molecule has 2 aliphatic rings. The van der Waals surface area contributed by atoms with Crippen LogP contribution in [0.5, 0.6) is 11.5 Å². The smallest absolute Gasteiger partial charge is 0.161 e. The van der Waals surface area contributed by atoms with Crippen molar-refractivity contribution in [3.05, 3.63) is 23.8 Å². The third-order valence-corrected chi connectivity index (χ3v) is 5.72. The Morgan fingerprint density at radius 2 is 1.55 bits per heavy atom. The molecule has 1 heterocycles. The van der Waals surface area contributed by atoms with Gasteiger partial charge in [-0.15, -0.1) is 0 Å². The number of rotatable bonds is 2. The summed E-state index contributed by atoms with van der Waals surface area (Å²) in [6.07, 6.45) is 9.64. The molecule has 0 amide bonds. The van der Waals surface area contributed by atoms with Gasteiger partial charge in [0, 0.05) is 4.83 Å². The van der Waals surface area contributed by atoms with Gasteiger partial charge < -0.3 is 9.47 Å². The summed E-state index contributed by atoms with van der Waals surface area (Å²) >= 11 is 3.94. The standard InChI is InChI=1S/C17H23BrO2/c18-17(13-6-4-2-1-3-5-7-13)14-8-9-15-16(12-14)20-11-10-19-15/h8-9,12-13,17H,1-7,10-11H2. The van der Waals surface area contributed by atoms with Gasteiger partial charge in [0.1, 0.15) is 13.2 Å². The lowest BCUT2D eigenvalue weighted by Gasteiger charge is -2.26. The molecule has 20 heavy (non-hydrogen) atoms. The molecule has 1 saturated carbocycles. The molecule has 1 aromatic rings. The van der Waals surface area contributed by atoms with Crippen LogP contribution in [0.25, 0.3) is 0 Å². The van der Waals surface area contributed by atoms with Gasteiger partial charge in [-0.3, -0.25) is 0 Å². The summed E-state index contributed by atoms with van der Waals surface area (Å²) in [7, 11) is 0. The van der Waals surface area contributed by atoms with Crippen LogP contribution < -0.4 is 9.47 Å². The highest BCUT2D eigenvalue weighted by Crippen LogP contribution is 2.42. The van der Waals surface area contributed by atoms with Gasteiger partial charge in [-0.1, -0.05) is 54.1 Å². The van der Waals surface area contributed by atoms with Crippen LogP contribution in [-0.4, -0.2) is 13.2 Å². The van der Waals surface area contributed by atoms with E-state index in [-0.39, 0.29) is 0 Å². The van der Waals surface area contributed by atoms with E-state index in [1.165, 1.54) is 50.5 Å². The van der Waals surface area contributed by atoms with Gasteiger partial charge in [0.2, 0.25) is 0 Å². The average molecular weight is 339 g/mol. The molecule has 2 nitrogen and oxygen atoms in total. The number of benzene rings is 1. The SMILES string of the molecule is BrC(c1ccc2c(c1)OCCO2)C1CCCCCCC1. The maximum Gasteiger partial charge on any atom is 0.161 e. The maximum atomic E-state index is 5.70. The third-order valence-electron chi connectivity index (χ3n) is 4.45. The van der Waals surface area contributed by atoms with Gasteiger partial charge in [-0.25, -0.2) is 0 Å². The minimum Gasteiger partial charge on any atom is -0.486 e. The van der Waals surface area contributed by atoms with Crippen LogP contribution in [0.4, 0.5) is 0 Å². The van der Waals surface area contributed by atoms with Crippen LogP contribution in [-0.2, 0) is 0 Å². The minimum absolute atomic E-state index is 0.441. The fourth-order valence-corrected chi connectivity index (χ4v) is 4.10. The van der Waals surface area contributed by atoms with Gasteiger partial charge in [-0.05, 0) is 36.5 Å². The lowest BCUT2D eigenvalue weighted by atomic mass is 9.86. The fourth-order valence-electron chi connectivity index (χ4n) is 3.28. The molecular weight excluding hydrogens is 316 g/mol. The summed E-state index contributed by atoms with van der Waals surface area (Å²) < 4.78 is 11.3. The summed E-state index contributed by atoms with van der Waals surface area (Å²) in [5.74, 6) is 2.54. The molecule has 0 saturated heterocycles. The number of hydrogen-bond donors (Lipinski definition) is 0. The molecule has 0 radical (unpaired) electrons. The molecule has 0 aromatic heterocycles. The summed E-state index contributed by atoms with van der Waals surface area (Å²) in [5.41, 5.74) is 1.33. The Hall–Kier alpha value is -0.700. The zero-order valence-corrected chi connectivity index (χ0v) is 13.5. The Bertz CT molecular complexity index is 439. The quantitative estimate of drug-likeness (QED) is 0.685. The van der Waals surface area contributed by atoms with E-state index in [9.17, 15) is 0 Å². The number of halogens is 1. The molecule has 1 unspecified atom stereocenters. The molecule has 110 valence electrons. The van der Waals surface area contributed by atoms with Gasteiger partial charge in [0.05, 0.1) is 0 Å². The summed E-state index contributed by atoms with van der Waals surface area (Å²) in [6, 6.07) is 6.40. The zero-order chi connectivity index (χ0) is 13.8. The number of hydrogen-bond acceptors (Lipinski definition) is 2. The van der Waals surface area contributed by atoms with Crippen molar-refractivity contribution in [3.63, 3.8) is 0 Å². The van der Waals surface area contributed by atoms with Crippen LogP contribution in [0, 0.1) is 5.92 Å². The summed E-state index contributed by atoms with van der Waals surface area (Å²) in [4.78, 5) is 0.441. The molecule has 3 heteroatoms. The largest absolute Gasteiger partial charge is 0.486 e. The van der Waals surface area contributed by atoms with Gasteiger partial charge >= 0.3 is 0 Å². The minimum atomic E-state index is 0.441. The Morgan fingerprint density at radius 3 is 2.30 bits per heavy atom. The summed E-state index contributed by atoms with van der Waals surface area (Å²) in [6.45, 7) is 1.32. The van der Waals surface area contributed by atoms with E-state index in [1.807, 2.05) is 0 Å². The first kappa shape index (κ1) is 14.2. The Kier molecular flexibility index (Phi) is 4.87. The van der Waals surface area contributed by atoms with Crippen molar-refractivity contribution in [3.8, 4) is 11.5 Å². The molecule has 1 aliphatic heterocycles. The van der Waals surface area contributed by atoms with Crippen molar-refractivity contribution in [2.75, 3.05) is 13.2 Å². The van der Waals surface area contributed by atoms with Crippen LogP contribution in [0.15, 0.2) is 18.2 Å². The fraction of sp³-hybridized carbons (Fsp3) is 0.647. The molecule has 0 N–H and O–H groups in total. The van der Waals surface area contributed by atoms with E-state index < -0.39 is 0 Å². The predicted octanol–water partition coefficient (Wildman–Crippen LogP) is 5.25. The monoisotopic (exact) mass is 338 g/mol. The molecule has 0 spiro atoms. The third kappa shape index (κ3) is 3.30. The van der Waals surface area contributed by atoms with Crippen molar-refractivity contribution < 1.29 is 9.47 Å². The van der Waals surface area contributed by atoms with E-state index in [0.29, 0.717) is 18.0 Å². The number of ether oxygens (including phenoxy) is 2. The number of fused-ring (bicyclic) bond motifs is 1. The molecule has 3 rings (SSSR count). The second-order valence-corrected chi connectivity index (χ2v) is 6.90. The molecular formula is C17H23BrO2. The van der Waals surface area contributed by atoms with Crippen LogP contribution in [0.3, 0.4) is 0 Å². The van der Waals surface area contributed by atoms with Crippen molar-refractivity contribution in [1.29, 1.82) is 0 Å². The Morgan fingerprint density at radius 1 is 0.900 bits per heavy atom. The first-order valence-corrected chi connectivity index (χ1v) is 8.80. The Labute approximate surface area is 130 Å². The van der Waals surface area contributed by atoms with Crippen LogP contribution >= 0.6 is 15.9 Å². The molecule has 0 bridgehead atoms. The second kappa shape index (κ2) is 6.84. The van der Waals surface area contributed by atoms with Crippen LogP contribution in [0.2, 0.25) is 0 Å². The molecule has 1 atom stereocenters. The van der Waals surface area contributed by atoms with E-state index in [1.54, 1.807) is 0 Å². The van der Waals surface area contributed by atoms with E-state index in [0.717, 1.165) is 17.4 Å². The topological polar surface area (TPSA) is 18.5 Å². The van der Waals surface area contributed by atoms with Crippen molar-refractivity contribution in [1.82, 2.24) is 0 Å². The van der Waals surface area contributed by atoms with Crippen molar-refractivity contribution in [2.45, 2.75) is 49.8 Å². The predicted molar refractivity (Wildman–Crippen MR) is 84.9 cm³/mol.